The highest BCUT2D eigenvalue weighted by Gasteiger charge is 2.36. The molecule has 0 aromatic heterocycles. The quantitative estimate of drug-likeness (QED) is 0.170. The van der Waals surface area contributed by atoms with E-state index in [2.05, 4.69) is 10.1 Å². The van der Waals surface area contributed by atoms with Gasteiger partial charge in [-0.3, -0.25) is 25.0 Å². The number of rotatable bonds is 7. The Bertz CT molecular complexity index is 1410. The summed E-state index contributed by atoms with van der Waals surface area (Å²) in [5, 5.41) is 12.9. The van der Waals surface area contributed by atoms with Crippen molar-refractivity contribution in [3.05, 3.63) is 105 Å². The Morgan fingerprint density at radius 1 is 0.973 bits per heavy atom. The topological polar surface area (TPSA) is 145 Å². The lowest BCUT2D eigenvalue weighted by molar-refractivity contribution is -0.384. The van der Waals surface area contributed by atoms with Crippen LogP contribution in [-0.4, -0.2) is 35.8 Å². The highest BCUT2D eigenvalue weighted by atomic mass is 16.6. The van der Waals surface area contributed by atoms with Crippen molar-refractivity contribution in [3.63, 3.8) is 0 Å². The number of nitro benzene ring substituents is 1. The second-order valence-electron chi connectivity index (χ2n) is 7.78. The minimum Gasteiger partial charge on any atom is -0.489 e. The molecular weight excluding hydrogens is 482 g/mol. The van der Waals surface area contributed by atoms with Crippen molar-refractivity contribution in [1.82, 2.24) is 5.32 Å². The van der Waals surface area contributed by atoms with E-state index in [0.717, 1.165) is 10.5 Å². The van der Waals surface area contributed by atoms with Crippen molar-refractivity contribution in [3.8, 4) is 5.75 Å². The van der Waals surface area contributed by atoms with Crippen LogP contribution in [0.3, 0.4) is 0 Å². The smallest absolute Gasteiger partial charge is 0.337 e. The lowest BCUT2D eigenvalue weighted by atomic mass is 10.1. The van der Waals surface area contributed by atoms with Gasteiger partial charge in [-0.1, -0.05) is 12.1 Å². The summed E-state index contributed by atoms with van der Waals surface area (Å²) in [5.74, 6) is -1.73. The van der Waals surface area contributed by atoms with Crippen LogP contribution in [0.5, 0.6) is 5.75 Å². The number of hydrogen-bond acceptors (Lipinski definition) is 8. The van der Waals surface area contributed by atoms with Crippen LogP contribution in [0.1, 0.15) is 21.5 Å². The van der Waals surface area contributed by atoms with E-state index in [-0.39, 0.29) is 29.1 Å². The van der Waals surface area contributed by atoms with Gasteiger partial charge in [0.1, 0.15) is 17.9 Å². The molecule has 0 atom stereocenters. The number of nitro groups is 1. The SMILES string of the molecule is COC(=O)c1ccc(N2C(=O)NC(=O)/C(=C\c3ccc(OCc4ccc([N+](=O)[O-])cc4)cc3)C2=O)cc1. The zero-order valence-electron chi connectivity index (χ0n) is 19.4. The zero-order chi connectivity index (χ0) is 26.5. The lowest BCUT2D eigenvalue weighted by Crippen LogP contribution is -2.54. The minimum absolute atomic E-state index is 0.0130. The van der Waals surface area contributed by atoms with Crippen molar-refractivity contribution in [2.24, 2.45) is 0 Å². The first-order chi connectivity index (χ1) is 17.8. The van der Waals surface area contributed by atoms with Crippen LogP contribution in [0.25, 0.3) is 6.08 Å². The van der Waals surface area contributed by atoms with Crippen LogP contribution in [-0.2, 0) is 20.9 Å². The number of barbiturate groups is 1. The lowest BCUT2D eigenvalue weighted by Gasteiger charge is -2.26. The number of amides is 4. The predicted molar refractivity (Wildman–Crippen MR) is 131 cm³/mol. The number of carbonyl (C=O) groups excluding carboxylic acids is 4. The van der Waals surface area contributed by atoms with Crippen molar-refractivity contribution in [2.45, 2.75) is 6.61 Å². The van der Waals surface area contributed by atoms with Crippen LogP contribution in [0, 0.1) is 10.1 Å². The van der Waals surface area contributed by atoms with Gasteiger partial charge in [0.2, 0.25) is 0 Å². The maximum Gasteiger partial charge on any atom is 0.337 e. The highest BCUT2D eigenvalue weighted by Crippen LogP contribution is 2.24. The molecule has 11 nitrogen and oxygen atoms in total. The predicted octanol–water partition coefficient (Wildman–Crippen LogP) is 3.63. The summed E-state index contributed by atoms with van der Waals surface area (Å²) in [6.07, 6.45) is 1.35. The van der Waals surface area contributed by atoms with Gasteiger partial charge >= 0.3 is 12.0 Å². The number of nitrogens with one attached hydrogen (secondary N) is 1. The van der Waals surface area contributed by atoms with Crippen LogP contribution in [0.4, 0.5) is 16.2 Å². The second-order valence-corrected chi connectivity index (χ2v) is 7.78. The Kier molecular flexibility index (Phi) is 7.05. The summed E-state index contributed by atoms with van der Waals surface area (Å²) in [6, 6.07) is 17.2. The van der Waals surface area contributed by atoms with Crippen molar-refractivity contribution in [2.75, 3.05) is 12.0 Å². The molecule has 1 heterocycles. The third-order valence-corrected chi connectivity index (χ3v) is 5.39. The summed E-state index contributed by atoms with van der Waals surface area (Å²) in [6.45, 7) is 0.186. The largest absolute Gasteiger partial charge is 0.489 e. The molecule has 0 saturated carbocycles. The van der Waals surface area contributed by atoms with Gasteiger partial charge in [-0.2, -0.15) is 0 Å². The number of benzene rings is 3. The minimum atomic E-state index is -0.909. The molecule has 4 amide bonds. The first kappa shape index (κ1) is 24.8. The number of imide groups is 2. The zero-order valence-corrected chi connectivity index (χ0v) is 19.4. The van der Waals surface area contributed by atoms with Gasteiger partial charge in [0.25, 0.3) is 17.5 Å². The number of carbonyl (C=O) groups is 4. The van der Waals surface area contributed by atoms with E-state index in [1.54, 1.807) is 36.4 Å². The standard InChI is InChI=1S/C26H19N3O8/c1-36-25(32)18-6-10-19(11-7-18)28-24(31)22(23(30)27-26(28)33)14-16-4-12-21(13-5-16)37-15-17-2-8-20(9-3-17)29(34)35/h2-14H,15H2,1H3,(H,27,30,33)/b22-14+. The molecular formula is C26H19N3O8. The molecule has 1 fully saturated rings. The van der Waals surface area contributed by atoms with E-state index in [9.17, 15) is 29.3 Å². The Morgan fingerprint density at radius 3 is 2.22 bits per heavy atom. The Labute approximate surface area is 210 Å². The van der Waals surface area contributed by atoms with E-state index < -0.39 is 28.7 Å². The molecule has 1 aliphatic heterocycles. The maximum absolute atomic E-state index is 13.0. The van der Waals surface area contributed by atoms with E-state index in [0.29, 0.717) is 11.3 Å². The number of anilines is 1. The van der Waals surface area contributed by atoms with Gasteiger partial charge < -0.3 is 9.47 Å². The fourth-order valence-electron chi connectivity index (χ4n) is 3.46. The second kappa shape index (κ2) is 10.5. The van der Waals surface area contributed by atoms with Crippen LogP contribution >= 0.6 is 0 Å². The molecule has 0 aliphatic carbocycles. The molecule has 3 aromatic rings. The third kappa shape index (κ3) is 5.51. The number of nitrogens with zero attached hydrogens (tertiary/aromatic N) is 2. The van der Waals surface area contributed by atoms with Gasteiger partial charge in [-0.25, -0.2) is 14.5 Å². The van der Waals surface area contributed by atoms with Crippen molar-refractivity contribution < 1.29 is 33.6 Å². The molecule has 4 rings (SSSR count). The molecule has 37 heavy (non-hydrogen) atoms. The fourth-order valence-corrected chi connectivity index (χ4v) is 3.46. The summed E-state index contributed by atoms with van der Waals surface area (Å²) in [5.41, 5.74) is 1.39. The number of hydrogen-bond donors (Lipinski definition) is 1. The number of urea groups is 1. The Morgan fingerprint density at radius 2 is 1.62 bits per heavy atom. The summed E-state index contributed by atoms with van der Waals surface area (Å²) in [4.78, 5) is 60.5. The Balaban J connectivity index is 1.47. The Hall–Kier alpha value is -5.32. The van der Waals surface area contributed by atoms with Gasteiger partial charge in [0.15, 0.2) is 0 Å². The number of non-ortho nitro benzene ring substituents is 1. The van der Waals surface area contributed by atoms with E-state index in [4.69, 9.17) is 4.74 Å². The molecule has 1 saturated heterocycles. The molecule has 11 heteroatoms. The average molecular weight is 501 g/mol. The number of methoxy groups -OCH3 is 1. The van der Waals surface area contributed by atoms with Gasteiger partial charge in [-0.05, 0) is 65.7 Å². The fraction of sp³-hybridized carbons (Fsp3) is 0.0769. The summed E-state index contributed by atoms with van der Waals surface area (Å²) < 4.78 is 10.3. The molecule has 1 aliphatic rings. The van der Waals surface area contributed by atoms with Gasteiger partial charge in [0.05, 0.1) is 23.3 Å². The van der Waals surface area contributed by atoms with E-state index >= 15 is 0 Å². The highest BCUT2D eigenvalue weighted by molar-refractivity contribution is 6.39. The molecule has 1 N–H and O–H groups in total. The van der Waals surface area contributed by atoms with Crippen molar-refractivity contribution in [1.29, 1.82) is 0 Å². The monoisotopic (exact) mass is 501 g/mol. The molecule has 3 aromatic carbocycles. The average Bonchev–Trinajstić information content (AvgIpc) is 2.90. The normalized spacial score (nSPS) is 14.4. The number of esters is 1. The third-order valence-electron chi connectivity index (χ3n) is 5.39. The van der Waals surface area contributed by atoms with Crippen molar-refractivity contribution >= 4 is 41.3 Å². The molecule has 186 valence electrons. The maximum atomic E-state index is 13.0. The van der Waals surface area contributed by atoms with Crippen LogP contribution in [0.2, 0.25) is 0 Å². The van der Waals surface area contributed by atoms with E-state index in [1.165, 1.54) is 49.6 Å². The molecule has 0 unspecified atom stereocenters. The first-order valence-electron chi connectivity index (χ1n) is 10.8. The van der Waals surface area contributed by atoms with Crippen LogP contribution in [0.15, 0.2) is 78.4 Å². The molecule has 0 radical (unpaired) electrons. The van der Waals surface area contributed by atoms with Gasteiger partial charge in [0, 0.05) is 12.1 Å². The van der Waals surface area contributed by atoms with Gasteiger partial charge in [-0.15, -0.1) is 0 Å². The first-order valence-corrected chi connectivity index (χ1v) is 10.8. The summed E-state index contributed by atoms with van der Waals surface area (Å²) >= 11 is 0. The molecule has 0 spiro atoms. The summed E-state index contributed by atoms with van der Waals surface area (Å²) in [7, 11) is 1.23. The number of ether oxygens (including phenoxy) is 2. The van der Waals surface area contributed by atoms with Crippen LogP contribution < -0.4 is 15.0 Å². The van der Waals surface area contributed by atoms with E-state index in [1.807, 2.05) is 0 Å². The molecule has 0 bridgehead atoms.